The Hall–Kier alpha value is -1.58. The minimum absolute atomic E-state index is 1.37. The number of rotatable bonds is 0. The molecular weight excluding hydrogens is 158 g/mol. The third-order valence-electron chi connectivity index (χ3n) is 1.43. The van der Waals surface area contributed by atoms with E-state index >= 15 is 0 Å². The van der Waals surface area contributed by atoms with Gasteiger partial charge in [0, 0.05) is 0 Å². The van der Waals surface area contributed by atoms with E-state index in [0.717, 1.165) is 0 Å². The molecule has 0 amide bonds. The van der Waals surface area contributed by atoms with Gasteiger partial charge in [0.05, 0.1) is 0 Å². The van der Waals surface area contributed by atoms with Gasteiger partial charge >= 0.3 is 0 Å². The van der Waals surface area contributed by atoms with Gasteiger partial charge in [-0.05, 0) is 25.0 Å². The van der Waals surface area contributed by atoms with Crippen LogP contribution in [0, 0.1) is 24.0 Å². The Balaban J connectivity index is 0.000000261. The predicted molar refractivity (Wildman–Crippen MR) is 44.7 cm³/mol. The Morgan fingerprint density at radius 2 is 1.50 bits per heavy atom. The van der Waals surface area contributed by atoms with Crippen molar-refractivity contribution >= 4 is 0 Å². The topological polar surface area (TPSA) is 63.4 Å². The second kappa shape index (κ2) is 5.12. The van der Waals surface area contributed by atoms with Crippen molar-refractivity contribution in [2.24, 2.45) is 0 Å². The molecule has 1 N–H and O–H groups in total. The summed E-state index contributed by atoms with van der Waals surface area (Å²) in [4.78, 5) is 8.36. The van der Waals surface area contributed by atoms with Gasteiger partial charge in [-0.25, -0.2) is 0 Å². The van der Waals surface area contributed by atoms with Crippen molar-refractivity contribution in [3.8, 4) is 0 Å². The van der Waals surface area contributed by atoms with Crippen LogP contribution in [0.15, 0.2) is 24.3 Å². The number of aryl methyl sites for hydroxylation is 2. The van der Waals surface area contributed by atoms with Gasteiger partial charge in [0.25, 0.3) is 5.09 Å². The second-order valence-corrected chi connectivity index (χ2v) is 2.32. The van der Waals surface area contributed by atoms with E-state index in [1.165, 1.54) is 11.1 Å². The maximum Gasteiger partial charge on any atom is 0.291 e. The summed E-state index contributed by atoms with van der Waals surface area (Å²) in [5, 5.41) is 13.6. The summed E-state index contributed by atoms with van der Waals surface area (Å²) in [6, 6.07) is 8.36. The fourth-order valence-corrected chi connectivity index (χ4v) is 0.663. The lowest BCUT2D eigenvalue weighted by Gasteiger charge is -1.93. The molecule has 0 aromatic heterocycles. The Morgan fingerprint density at radius 1 is 1.25 bits per heavy atom. The van der Waals surface area contributed by atoms with Crippen LogP contribution in [0.2, 0.25) is 0 Å². The highest BCUT2D eigenvalue weighted by molar-refractivity contribution is 5.23. The Morgan fingerprint density at radius 3 is 1.67 bits per heavy atom. The average molecular weight is 169 g/mol. The number of hydrogen-bond acceptors (Lipinski definition) is 2. The number of hydrogen-bond donors (Lipinski definition) is 1. The lowest BCUT2D eigenvalue weighted by atomic mass is 10.1. The fraction of sp³-hybridized carbons (Fsp3) is 0.250. The third kappa shape index (κ3) is 5.22. The molecule has 4 nitrogen and oxygen atoms in total. The summed E-state index contributed by atoms with van der Waals surface area (Å²) in [6.07, 6.45) is 0. The molecule has 0 spiro atoms. The molecule has 4 heteroatoms. The molecule has 1 aromatic carbocycles. The summed E-state index contributed by atoms with van der Waals surface area (Å²) in [6.45, 7) is 4.24. The van der Waals surface area contributed by atoms with Gasteiger partial charge in [0.15, 0.2) is 0 Å². The molecule has 12 heavy (non-hydrogen) atoms. The standard InChI is InChI=1S/C8H10.HNO3/c1-7-5-3-4-6-8(7)2;2-1(3)4/h3-6H,1-2H3;(H,2,3,4). The smallest absolute Gasteiger partial charge is 0.291 e. The van der Waals surface area contributed by atoms with Gasteiger partial charge in [-0.15, -0.1) is 10.1 Å². The third-order valence-corrected chi connectivity index (χ3v) is 1.43. The SMILES string of the molecule is Cc1ccccc1C.O=[N+]([O-])O. The lowest BCUT2D eigenvalue weighted by Crippen LogP contribution is -1.81. The van der Waals surface area contributed by atoms with E-state index in [4.69, 9.17) is 15.3 Å². The van der Waals surface area contributed by atoms with Crippen LogP contribution < -0.4 is 0 Å². The number of nitrogens with zero attached hydrogens (tertiary/aromatic N) is 1. The summed E-state index contributed by atoms with van der Waals surface area (Å²) in [7, 11) is 0. The second-order valence-electron chi connectivity index (χ2n) is 2.32. The first-order valence-corrected chi connectivity index (χ1v) is 3.39. The molecule has 1 aromatic rings. The van der Waals surface area contributed by atoms with Gasteiger partial charge < -0.3 is 5.21 Å². The molecule has 66 valence electrons. The molecule has 0 bridgehead atoms. The monoisotopic (exact) mass is 169 g/mol. The maximum atomic E-state index is 8.36. The van der Waals surface area contributed by atoms with Crippen molar-refractivity contribution in [1.29, 1.82) is 0 Å². The predicted octanol–water partition coefficient (Wildman–Crippen LogP) is 1.96. The van der Waals surface area contributed by atoms with Crippen molar-refractivity contribution in [2.75, 3.05) is 0 Å². The van der Waals surface area contributed by atoms with E-state index in [-0.39, 0.29) is 0 Å². The summed E-state index contributed by atoms with van der Waals surface area (Å²) in [5.41, 5.74) is 2.74. The fourth-order valence-electron chi connectivity index (χ4n) is 0.663. The molecular formula is C8H11NO3. The molecule has 0 saturated heterocycles. The Kier molecular flexibility index (Phi) is 4.45. The first-order chi connectivity index (χ1) is 5.54. The van der Waals surface area contributed by atoms with Gasteiger partial charge in [-0.3, -0.25) is 0 Å². The van der Waals surface area contributed by atoms with Crippen LogP contribution in [0.5, 0.6) is 0 Å². The highest BCUT2D eigenvalue weighted by Gasteiger charge is 1.83. The Labute approximate surface area is 70.6 Å². The van der Waals surface area contributed by atoms with Crippen LogP contribution in [0.3, 0.4) is 0 Å². The molecule has 0 radical (unpaired) electrons. The van der Waals surface area contributed by atoms with Crippen LogP contribution in [0.1, 0.15) is 11.1 Å². The van der Waals surface area contributed by atoms with Crippen molar-refractivity contribution in [1.82, 2.24) is 0 Å². The number of benzene rings is 1. The van der Waals surface area contributed by atoms with Crippen LogP contribution in [0.25, 0.3) is 0 Å². The van der Waals surface area contributed by atoms with Gasteiger partial charge in [-0.2, -0.15) is 0 Å². The van der Waals surface area contributed by atoms with Crippen LogP contribution in [-0.4, -0.2) is 10.3 Å². The van der Waals surface area contributed by atoms with Crippen molar-refractivity contribution in [3.63, 3.8) is 0 Å². The normalized spacial score (nSPS) is 8.17. The summed E-state index contributed by atoms with van der Waals surface area (Å²) >= 11 is 0. The minimum atomic E-state index is -1.50. The van der Waals surface area contributed by atoms with Crippen LogP contribution in [-0.2, 0) is 0 Å². The van der Waals surface area contributed by atoms with E-state index in [1.54, 1.807) is 0 Å². The van der Waals surface area contributed by atoms with Crippen molar-refractivity contribution in [2.45, 2.75) is 13.8 Å². The van der Waals surface area contributed by atoms with Crippen molar-refractivity contribution in [3.05, 3.63) is 45.5 Å². The van der Waals surface area contributed by atoms with Crippen molar-refractivity contribution < 1.29 is 10.3 Å². The molecule has 1 rings (SSSR count). The van der Waals surface area contributed by atoms with E-state index < -0.39 is 5.09 Å². The first kappa shape index (κ1) is 10.4. The zero-order valence-corrected chi connectivity index (χ0v) is 7.02. The zero-order chi connectivity index (χ0) is 9.56. The van der Waals surface area contributed by atoms with E-state index in [0.29, 0.717) is 0 Å². The molecule has 0 aliphatic heterocycles. The summed E-state index contributed by atoms with van der Waals surface area (Å²) < 4.78 is 0. The molecule has 0 atom stereocenters. The quantitative estimate of drug-likeness (QED) is 0.477. The molecule has 0 aliphatic rings. The lowest BCUT2D eigenvalue weighted by molar-refractivity contribution is -0.742. The van der Waals surface area contributed by atoms with Crippen LogP contribution >= 0.6 is 0 Å². The molecule has 0 heterocycles. The molecule has 0 saturated carbocycles. The molecule has 0 fully saturated rings. The van der Waals surface area contributed by atoms with Gasteiger partial charge in [0.1, 0.15) is 0 Å². The van der Waals surface area contributed by atoms with E-state index in [9.17, 15) is 0 Å². The van der Waals surface area contributed by atoms with Crippen LogP contribution in [0.4, 0.5) is 0 Å². The molecule has 0 unspecified atom stereocenters. The average Bonchev–Trinajstić information content (AvgIpc) is 1.94. The highest BCUT2D eigenvalue weighted by atomic mass is 16.9. The Bertz CT molecular complexity index is 235. The van der Waals surface area contributed by atoms with Gasteiger partial charge in [0.2, 0.25) is 0 Å². The van der Waals surface area contributed by atoms with Gasteiger partial charge in [-0.1, -0.05) is 24.3 Å². The highest BCUT2D eigenvalue weighted by Crippen LogP contribution is 2.02. The summed E-state index contributed by atoms with van der Waals surface area (Å²) in [5.74, 6) is 0. The zero-order valence-electron chi connectivity index (χ0n) is 7.02. The minimum Gasteiger partial charge on any atom is -0.328 e. The van der Waals surface area contributed by atoms with E-state index in [1.807, 2.05) is 0 Å². The first-order valence-electron chi connectivity index (χ1n) is 3.39. The maximum absolute atomic E-state index is 8.36. The van der Waals surface area contributed by atoms with E-state index in [2.05, 4.69) is 38.1 Å². The largest absolute Gasteiger partial charge is 0.328 e. The molecule has 0 aliphatic carbocycles.